The molecule has 0 heterocycles. The van der Waals surface area contributed by atoms with Gasteiger partial charge in [0.1, 0.15) is 0 Å². The molecule has 112 valence electrons. The molecule has 0 aliphatic rings. The zero-order chi connectivity index (χ0) is 15.2. The molecule has 0 aromatic heterocycles. The van der Waals surface area contributed by atoms with E-state index in [1.165, 1.54) is 16.7 Å². The molecular weight excluding hydrogens is 278 g/mol. The minimum atomic E-state index is 0.340. The lowest BCUT2D eigenvalue weighted by atomic mass is 9.95. The van der Waals surface area contributed by atoms with Crippen LogP contribution in [0.4, 0.5) is 0 Å². The zero-order valence-electron chi connectivity index (χ0n) is 13.1. The highest BCUT2D eigenvalue weighted by Crippen LogP contribution is 2.24. The summed E-state index contributed by atoms with van der Waals surface area (Å²) in [7, 11) is 0. The third kappa shape index (κ3) is 4.33. The van der Waals surface area contributed by atoms with Gasteiger partial charge in [0.05, 0.1) is 0 Å². The van der Waals surface area contributed by atoms with Gasteiger partial charge >= 0.3 is 0 Å². The first-order valence-electron chi connectivity index (χ1n) is 7.67. The molecule has 1 atom stereocenters. The number of benzene rings is 2. The van der Waals surface area contributed by atoms with Crippen LogP contribution < -0.4 is 5.32 Å². The van der Waals surface area contributed by atoms with Crippen molar-refractivity contribution in [3.05, 3.63) is 70.2 Å². The van der Waals surface area contributed by atoms with Crippen LogP contribution in [-0.2, 0) is 13.0 Å². The van der Waals surface area contributed by atoms with Crippen molar-refractivity contribution >= 4 is 11.6 Å². The van der Waals surface area contributed by atoms with E-state index in [9.17, 15) is 0 Å². The van der Waals surface area contributed by atoms with Gasteiger partial charge < -0.3 is 5.32 Å². The van der Waals surface area contributed by atoms with Crippen LogP contribution in [0.15, 0.2) is 48.5 Å². The minimum Gasteiger partial charge on any atom is -0.306 e. The van der Waals surface area contributed by atoms with Gasteiger partial charge in [-0.3, -0.25) is 0 Å². The third-order valence-electron chi connectivity index (χ3n) is 3.91. The second kappa shape index (κ2) is 7.63. The van der Waals surface area contributed by atoms with Crippen molar-refractivity contribution in [2.24, 2.45) is 5.92 Å². The number of nitrogens with one attached hydrogen (secondary N) is 1. The van der Waals surface area contributed by atoms with Gasteiger partial charge in [-0.15, -0.1) is 0 Å². The SMILES string of the molecule is CCc1ccccc1CNC(c1ccc(Cl)cc1)C(C)C. The van der Waals surface area contributed by atoms with E-state index in [1.54, 1.807) is 0 Å². The Morgan fingerprint density at radius 2 is 1.57 bits per heavy atom. The molecule has 0 aliphatic carbocycles. The molecule has 2 rings (SSSR count). The molecule has 0 spiro atoms. The normalized spacial score (nSPS) is 12.6. The Morgan fingerprint density at radius 3 is 2.14 bits per heavy atom. The second-order valence-corrected chi connectivity index (χ2v) is 6.21. The molecule has 2 heteroatoms. The van der Waals surface area contributed by atoms with Crippen LogP contribution in [0.2, 0.25) is 5.02 Å². The summed E-state index contributed by atoms with van der Waals surface area (Å²) >= 11 is 5.99. The van der Waals surface area contributed by atoms with Crippen LogP contribution in [0.3, 0.4) is 0 Å². The van der Waals surface area contributed by atoms with E-state index < -0.39 is 0 Å². The molecule has 1 unspecified atom stereocenters. The van der Waals surface area contributed by atoms with Gasteiger partial charge in [-0.05, 0) is 41.2 Å². The molecule has 0 radical (unpaired) electrons. The molecule has 0 aliphatic heterocycles. The number of aryl methyl sites for hydroxylation is 1. The summed E-state index contributed by atoms with van der Waals surface area (Å²) in [6.45, 7) is 7.60. The number of halogens is 1. The fraction of sp³-hybridized carbons (Fsp3) is 0.368. The quantitative estimate of drug-likeness (QED) is 0.754. The fourth-order valence-electron chi connectivity index (χ4n) is 2.70. The number of rotatable bonds is 6. The maximum atomic E-state index is 5.99. The molecule has 2 aromatic rings. The number of hydrogen-bond donors (Lipinski definition) is 1. The minimum absolute atomic E-state index is 0.340. The lowest BCUT2D eigenvalue weighted by Gasteiger charge is -2.24. The van der Waals surface area contributed by atoms with Crippen LogP contribution in [0.5, 0.6) is 0 Å². The lowest BCUT2D eigenvalue weighted by molar-refractivity contribution is 0.410. The van der Waals surface area contributed by atoms with Crippen LogP contribution >= 0.6 is 11.6 Å². The Morgan fingerprint density at radius 1 is 0.952 bits per heavy atom. The summed E-state index contributed by atoms with van der Waals surface area (Å²) < 4.78 is 0. The highest BCUT2D eigenvalue weighted by atomic mass is 35.5. The van der Waals surface area contributed by atoms with Crippen LogP contribution in [0, 0.1) is 5.92 Å². The first-order valence-corrected chi connectivity index (χ1v) is 8.05. The van der Waals surface area contributed by atoms with Gasteiger partial charge in [-0.25, -0.2) is 0 Å². The summed E-state index contributed by atoms with van der Waals surface area (Å²) in [6, 6.07) is 17.2. The molecule has 0 saturated heterocycles. The third-order valence-corrected chi connectivity index (χ3v) is 4.16. The Labute approximate surface area is 133 Å². The topological polar surface area (TPSA) is 12.0 Å². The summed E-state index contributed by atoms with van der Waals surface area (Å²) in [4.78, 5) is 0. The predicted octanol–water partition coefficient (Wildman–Crippen LogP) is 5.39. The predicted molar refractivity (Wildman–Crippen MR) is 91.7 cm³/mol. The van der Waals surface area contributed by atoms with Gasteiger partial charge in [-0.2, -0.15) is 0 Å². The van der Waals surface area contributed by atoms with Crippen molar-refractivity contribution in [1.82, 2.24) is 5.32 Å². The van der Waals surface area contributed by atoms with Gasteiger partial charge in [0.2, 0.25) is 0 Å². The van der Waals surface area contributed by atoms with Crippen molar-refractivity contribution in [2.45, 2.75) is 39.8 Å². The Kier molecular flexibility index (Phi) is 5.84. The monoisotopic (exact) mass is 301 g/mol. The molecule has 0 bridgehead atoms. The Hall–Kier alpha value is -1.31. The van der Waals surface area contributed by atoms with Gasteiger partial charge in [0, 0.05) is 17.6 Å². The molecule has 1 nitrogen and oxygen atoms in total. The Balaban J connectivity index is 2.12. The average Bonchev–Trinajstić information content (AvgIpc) is 2.49. The molecule has 2 aromatic carbocycles. The second-order valence-electron chi connectivity index (χ2n) is 5.78. The van der Waals surface area contributed by atoms with E-state index in [2.05, 4.69) is 62.5 Å². The van der Waals surface area contributed by atoms with Gasteiger partial charge in [-0.1, -0.05) is 68.8 Å². The van der Waals surface area contributed by atoms with E-state index in [1.807, 2.05) is 12.1 Å². The molecule has 21 heavy (non-hydrogen) atoms. The molecule has 0 saturated carbocycles. The van der Waals surface area contributed by atoms with Gasteiger partial charge in [0.15, 0.2) is 0 Å². The molecule has 1 N–H and O–H groups in total. The fourth-order valence-corrected chi connectivity index (χ4v) is 2.83. The maximum Gasteiger partial charge on any atom is 0.0406 e. The van der Waals surface area contributed by atoms with E-state index in [4.69, 9.17) is 11.6 Å². The van der Waals surface area contributed by atoms with Crippen molar-refractivity contribution < 1.29 is 0 Å². The summed E-state index contributed by atoms with van der Waals surface area (Å²) in [6.07, 6.45) is 1.07. The first-order chi connectivity index (χ1) is 10.1. The maximum absolute atomic E-state index is 5.99. The van der Waals surface area contributed by atoms with Crippen LogP contribution in [-0.4, -0.2) is 0 Å². The lowest BCUT2D eigenvalue weighted by Crippen LogP contribution is -2.25. The van der Waals surface area contributed by atoms with E-state index in [0.29, 0.717) is 12.0 Å². The highest BCUT2D eigenvalue weighted by molar-refractivity contribution is 6.30. The van der Waals surface area contributed by atoms with Crippen molar-refractivity contribution in [1.29, 1.82) is 0 Å². The highest BCUT2D eigenvalue weighted by Gasteiger charge is 2.15. The summed E-state index contributed by atoms with van der Waals surface area (Å²) in [5, 5.41) is 4.49. The first kappa shape index (κ1) is 16.1. The van der Waals surface area contributed by atoms with Crippen molar-refractivity contribution in [2.75, 3.05) is 0 Å². The number of hydrogen-bond acceptors (Lipinski definition) is 1. The van der Waals surface area contributed by atoms with Crippen molar-refractivity contribution in [3.8, 4) is 0 Å². The van der Waals surface area contributed by atoms with Gasteiger partial charge in [0.25, 0.3) is 0 Å². The summed E-state index contributed by atoms with van der Waals surface area (Å²) in [5.74, 6) is 0.528. The molecule has 0 fully saturated rings. The molecule has 0 amide bonds. The van der Waals surface area contributed by atoms with E-state index in [0.717, 1.165) is 18.0 Å². The average molecular weight is 302 g/mol. The largest absolute Gasteiger partial charge is 0.306 e. The molecular formula is C19H24ClN. The van der Waals surface area contributed by atoms with E-state index in [-0.39, 0.29) is 0 Å². The summed E-state index contributed by atoms with van der Waals surface area (Å²) in [5.41, 5.74) is 4.10. The Bertz CT molecular complexity index is 560. The van der Waals surface area contributed by atoms with E-state index >= 15 is 0 Å². The van der Waals surface area contributed by atoms with Crippen LogP contribution in [0.1, 0.15) is 43.5 Å². The standard InChI is InChI=1S/C19H24ClN/c1-4-15-7-5-6-8-17(15)13-21-19(14(2)3)16-9-11-18(20)12-10-16/h5-12,14,19,21H,4,13H2,1-3H3. The van der Waals surface area contributed by atoms with Crippen molar-refractivity contribution in [3.63, 3.8) is 0 Å². The zero-order valence-corrected chi connectivity index (χ0v) is 13.8. The van der Waals surface area contributed by atoms with Crippen LogP contribution in [0.25, 0.3) is 0 Å². The smallest absolute Gasteiger partial charge is 0.0406 e.